The highest BCUT2D eigenvalue weighted by atomic mass is 16.1. The molecule has 0 N–H and O–H groups in total. The van der Waals surface area contributed by atoms with Crippen molar-refractivity contribution in [2.24, 2.45) is 22.7 Å². The van der Waals surface area contributed by atoms with Crippen LogP contribution in [0, 0.1) is 22.7 Å². The van der Waals surface area contributed by atoms with E-state index in [-0.39, 0.29) is 10.8 Å². The third-order valence-corrected chi connectivity index (χ3v) is 7.53. The van der Waals surface area contributed by atoms with Gasteiger partial charge in [-0.05, 0) is 67.4 Å². The van der Waals surface area contributed by atoms with E-state index in [1.54, 1.807) is 5.57 Å². The maximum absolute atomic E-state index is 12.5. The van der Waals surface area contributed by atoms with Gasteiger partial charge in [0, 0.05) is 12.8 Å². The lowest BCUT2D eigenvalue weighted by Gasteiger charge is -2.55. The first-order valence-electron chi connectivity index (χ1n) is 8.99. The lowest BCUT2D eigenvalue weighted by atomic mass is 9.49. The molecular weight excluding hydrogens is 272 g/mol. The predicted octanol–water partition coefficient (Wildman–Crippen LogP) is 4.40. The predicted molar refractivity (Wildman–Crippen MR) is 86.3 cm³/mol. The van der Waals surface area contributed by atoms with Crippen molar-refractivity contribution in [2.45, 2.75) is 65.2 Å². The Morgan fingerprint density at radius 2 is 1.95 bits per heavy atom. The zero-order chi connectivity index (χ0) is 15.5. The Morgan fingerprint density at radius 1 is 1.14 bits per heavy atom. The quantitative estimate of drug-likeness (QED) is 0.719. The van der Waals surface area contributed by atoms with Crippen molar-refractivity contribution in [1.82, 2.24) is 0 Å². The molecule has 1 unspecified atom stereocenters. The Hall–Kier alpha value is -1.18. The van der Waals surface area contributed by atoms with E-state index in [0.717, 1.165) is 51.4 Å². The number of Topliss-reactive ketones (excluding diaryl/α,β-unsaturated/α-hetero) is 1. The number of rotatable bonds is 1. The maximum atomic E-state index is 12.5. The highest BCUT2D eigenvalue weighted by molar-refractivity contribution is 6.02. The van der Waals surface area contributed by atoms with Crippen LogP contribution >= 0.6 is 0 Å². The summed E-state index contributed by atoms with van der Waals surface area (Å²) < 4.78 is 0. The first-order chi connectivity index (χ1) is 10.5. The van der Waals surface area contributed by atoms with Crippen LogP contribution < -0.4 is 0 Å². The number of fused-ring (bicyclic) bond motifs is 4. The van der Waals surface area contributed by atoms with E-state index in [4.69, 9.17) is 0 Å². The molecule has 2 nitrogen and oxygen atoms in total. The summed E-state index contributed by atoms with van der Waals surface area (Å²) in [6.07, 6.45) is 11.9. The van der Waals surface area contributed by atoms with Crippen LogP contribution in [0.5, 0.6) is 0 Å². The van der Waals surface area contributed by atoms with E-state index in [2.05, 4.69) is 19.9 Å². The summed E-state index contributed by atoms with van der Waals surface area (Å²) in [6.45, 7) is 4.59. The minimum absolute atomic E-state index is 0.195. The molecular formula is C20H26O2. The van der Waals surface area contributed by atoms with Crippen molar-refractivity contribution < 1.29 is 9.59 Å². The standard InChI is InChI=1S/C20H26O2/c1-3-20-11-9-16-15(17(20)6-7-18(20)22)5-4-13-12-14(21)8-10-19(13,16)2/h6-7,13,16H,3-5,8-12H2,1-2H3/t13?,16-,19-,20-/m0/s1. The normalized spacial score (nSPS) is 43.9. The van der Waals surface area contributed by atoms with Crippen LogP contribution in [0.25, 0.3) is 0 Å². The molecule has 0 aromatic rings. The minimum atomic E-state index is -0.195. The molecule has 22 heavy (non-hydrogen) atoms. The monoisotopic (exact) mass is 298 g/mol. The Morgan fingerprint density at radius 3 is 2.73 bits per heavy atom. The van der Waals surface area contributed by atoms with Crippen LogP contribution in [-0.2, 0) is 9.59 Å². The molecule has 118 valence electrons. The highest BCUT2D eigenvalue weighted by Gasteiger charge is 2.54. The van der Waals surface area contributed by atoms with E-state index in [9.17, 15) is 9.59 Å². The fraction of sp³-hybridized carbons (Fsp3) is 0.700. The number of ketones is 2. The minimum Gasteiger partial charge on any atom is -0.300 e. The summed E-state index contributed by atoms with van der Waals surface area (Å²) in [5.74, 6) is 1.97. The molecule has 0 aliphatic heterocycles. The average Bonchev–Trinajstić information content (AvgIpc) is 2.86. The second kappa shape index (κ2) is 4.66. The van der Waals surface area contributed by atoms with Gasteiger partial charge in [0.25, 0.3) is 0 Å². The molecule has 4 rings (SSSR count). The summed E-state index contributed by atoms with van der Waals surface area (Å²) >= 11 is 0. The second-order valence-electron chi connectivity index (χ2n) is 8.15. The fourth-order valence-corrected chi connectivity index (χ4v) is 6.06. The zero-order valence-electron chi connectivity index (χ0n) is 13.8. The van der Waals surface area contributed by atoms with Crippen LogP contribution in [0.15, 0.2) is 23.3 Å². The lowest BCUT2D eigenvalue weighted by molar-refractivity contribution is -0.127. The van der Waals surface area contributed by atoms with Gasteiger partial charge in [0.1, 0.15) is 5.78 Å². The lowest BCUT2D eigenvalue weighted by Crippen LogP contribution is -2.47. The topological polar surface area (TPSA) is 34.1 Å². The second-order valence-corrected chi connectivity index (χ2v) is 8.15. The van der Waals surface area contributed by atoms with Crippen molar-refractivity contribution in [1.29, 1.82) is 0 Å². The summed E-state index contributed by atoms with van der Waals surface area (Å²) in [5.41, 5.74) is 3.03. The van der Waals surface area contributed by atoms with E-state index in [1.807, 2.05) is 6.08 Å². The summed E-state index contributed by atoms with van der Waals surface area (Å²) in [5, 5.41) is 0. The van der Waals surface area contributed by atoms with Crippen molar-refractivity contribution in [3.05, 3.63) is 23.3 Å². The van der Waals surface area contributed by atoms with Gasteiger partial charge in [0.2, 0.25) is 0 Å². The molecule has 0 radical (unpaired) electrons. The third kappa shape index (κ3) is 1.67. The Kier molecular flexibility index (Phi) is 3.05. The van der Waals surface area contributed by atoms with Crippen molar-refractivity contribution in [2.75, 3.05) is 0 Å². The Labute approximate surface area is 133 Å². The number of carbonyl (C=O) groups excluding carboxylic acids is 2. The van der Waals surface area contributed by atoms with Crippen molar-refractivity contribution >= 4 is 11.6 Å². The van der Waals surface area contributed by atoms with Gasteiger partial charge in [-0.1, -0.05) is 25.5 Å². The molecule has 4 atom stereocenters. The average molecular weight is 298 g/mol. The van der Waals surface area contributed by atoms with Crippen LogP contribution in [0.2, 0.25) is 0 Å². The molecule has 0 aromatic heterocycles. The summed E-state index contributed by atoms with van der Waals surface area (Å²) in [6, 6.07) is 0. The molecule has 0 aromatic carbocycles. The maximum Gasteiger partial charge on any atom is 0.166 e. The van der Waals surface area contributed by atoms with Gasteiger partial charge in [-0.25, -0.2) is 0 Å². The summed E-state index contributed by atoms with van der Waals surface area (Å²) in [7, 11) is 0. The zero-order valence-corrected chi connectivity index (χ0v) is 13.8. The molecule has 0 spiro atoms. The van der Waals surface area contributed by atoms with Gasteiger partial charge in [-0.2, -0.15) is 0 Å². The van der Waals surface area contributed by atoms with Crippen LogP contribution in [0.1, 0.15) is 65.2 Å². The van der Waals surface area contributed by atoms with Crippen molar-refractivity contribution in [3.8, 4) is 0 Å². The molecule has 4 aliphatic rings. The number of hydrogen-bond donors (Lipinski definition) is 0. The molecule has 0 heterocycles. The van der Waals surface area contributed by atoms with Gasteiger partial charge in [-0.3, -0.25) is 9.59 Å². The van der Waals surface area contributed by atoms with Crippen LogP contribution in [-0.4, -0.2) is 11.6 Å². The van der Waals surface area contributed by atoms with Crippen molar-refractivity contribution in [3.63, 3.8) is 0 Å². The first-order valence-corrected chi connectivity index (χ1v) is 8.99. The molecule has 0 amide bonds. The van der Waals surface area contributed by atoms with E-state index in [1.165, 1.54) is 5.57 Å². The molecule has 0 saturated heterocycles. The van der Waals surface area contributed by atoms with Gasteiger partial charge in [0.05, 0.1) is 5.41 Å². The van der Waals surface area contributed by atoms with Gasteiger partial charge >= 0.3 is 0 Å². The molecule has 2 fully saturated rings. The van der Waals surface area contributed by atoms with E-state index >= 15 is 0 Å². The number of allylic oxidation sites excluding steroid dienone is 4. The number of carbonyl (C=O) groups is 2. The molecule has 2 saturated carbocycles. The molecule has 2 heteroatoms. The van der Waals surface area contributed by atoms with Gasteiger partial charge in [0.15, 0.2) is 5.78 Å². The van der Waals surface area contributed by atoms with Crippen LogP contribution in [0.4, 0.5) is 0 Å². The highest BCUT2D eigenvalue weighted by Crippen LogP contribution is 2.62. The molecule has 0 bridgehead atoms. The smallest absolute Gasteiger partial charge is 0.166 e. The number of hydrogen-bond acceptors (Lipinski definition) is 2. The Balaban J connectivity index is 1.78. The third-order valence-electron chi connectivity index (χ3n) is 7.53. The first kappa shape index (κ1) is 14.4. The largest absolute Gasteiger partial charge is 0.300 e. The molecule has 4 aliphatic carbocycles. The van der Waals surface area contributed by atoms with Crippen LogP contribution in [0.3, 0.4) is 0 Å². The summed E-state index contributed by atoms with van der Waals surface area (Å²) in [4.78, 5) is 24.4. The SMILES string of the molecule is CC[C@]12CC[C@H]3C(=C1C=CC2=O)CCC1CC(=O)CC[C@@]13C. The van der Waals surface area contributed by atoms with Gasteiger partial charge in [-0.15, -0.1) is 0 Å². The van der Waals surface area contributed by atoms with Gasteiger partial charge < -0.3 is 0 Å². The van der Waals surface area contributed by atoms with E-state index in [0.29, 0.717) is 23.4 Å². The Bertz CT molecular complexity index is 611. The van der Waals surface area contributed by atoms with E-state index < -0.39 is 0 Å². The fourth-order valence-electron chi connectivity index (χ4n) is 6.06.